The molecule has 1 rings (SSSR count). The van der Waals surface area contributed by atoms with E-state index in [0.29, 0.717) is 0 Å². The van der Waals surface area contributed by atoms with Gasteiger partial charge in [-0.25, -0.2) is 9.18 Å². The smallest absolute Gasteiger partial charge is 0.326 e. The minimum Gasteiger partial charge on any atom is -0.480 e. The lowest BCUT2D eigenvalue weighted by Crippen LogP contribution is -2.41. The second-order valence-electron chi connectivity index (χ2n) is 3.78. The van der Waals surface area contributed by atoms with Crippen molar-refractivity contribution >= 4 is 23.5 Å². The van der Waals surface area contributed by atoms with Crippen molar-refractivity contribution in [2.24, 2.45) is 0 Å². The van der Waals surface area contributed by atoms with Gasteiger partial charge in [-0.15, -0.1) is 0 Å². The van der Waals surface area contributed by atoms with Gasteiger partial charge in [-0.2, -0.15) is 0 Å². The van der Waals surface area contributed by atoms with Crippen LogP contribution >= 0.6 is 11.6 Å². The number of hydrogen-bond acceptors (Lipinski definition) is 2. The highest BCUT2D eigenvalue weighted by Crippen LogP contribution is 2.15. The van der Waals surface area contributed by atoms with Gasteiger partial charge in [-0.05, 0) is 24.1 Å². The highest BCUT2D eigenvalue weighted by atomic mass is 35.5. The number of halogens is 2. The summed E-state index contributed by atoms with van der Waals surface area (Å²) in [5, 5.41) is 11.3. The number of carboxylic acid groups (broad SMARTS) is 1. The molecule has 0 aromatic heterocycles. The molecule has 6 heteroatoms. The molecule has 18 heavy (non-hydrogen) atoms. The molecule has 1 amide bonds. The quantitative estimate of drug-likeness (QED) is 0.862. The molecule has 1 unspecified atom stereocenters. The fourth-order valence-corrected chi connectivity index (χ4v) is 1.58. The molecule has 0 aliphatic heterocycles. The second-order valence-corrected chi connectivity index (χ2v) is 4.22. The van der Waals surface area contributed by atoms with Crippen LogP contribution in [0.5, 0.6) is 0 Å². The van der Waals surface area contributed by atoms with Gasteiger partial charge in [0.05, 0.1) is 6.42 Å². The molecular formula is C12H13ClFNO3. The number of carbonyl (C=O) groups is 2. The van der Waals surface area contributed by atoms with Gasteiger partial charge in [0, 0.05) is 5.02 Å². The second kappa shape index (κ2) is 6.35. The first-order valence-corrected chi connectivity index (χ1v) is 5.78. The Morgan fingerprint density at radius 1 is 1.50 bits per heavy atom. The molecule has 0 bridgehead atoms. The summed E-state index contributed by atoms with van der Waals surface area (Å²) in [6.07, 6.45) is 0.0525. The van der Waals surface area contributed by atoms with Crippen LogP contribution in [-0.2, 0) is 16.0 Å². The molecular weight excluding hydrogens is 261 g/mol. The zero-order valence-electron chi connectivity index (χ0n) is 9.74. The van der Waals surface area contributed by atoms with Gasteiger partial charge in [-0.1, -0.05) is 24.6 Å². The fourth-order valence-electron chi connectivity index (χ4n) is 1.42. The van der Waals surface area contributed by atoms with Crippen molar-refractivity contribution in [3.63, 3.8) is 0 Å². The lowest BCUT2D eigenvalue weighted by Gasteiger charge is -2.12. The van der Waals surface area contributed by atoms with Gasteiger partial charge in [0.25, 0.3) is 0 Å². The molecule has 0 radical (unpaired) electrons. The first-order chi connectivity index (χ1) is 8.43. The number of carbonyl (C=O) groups excluding carboxylic acids is 1. The van der Waals surface area contributed by atoms with E-state index in [9.17, 15) is 14.0 Å². The van der Waals surface area contributed by atoms with Crippen LogP contribution in [0, 0.1) is 5.82 Å². The lowest BCUT2D eigenvalue weighted by atomic mass is 10.1. The molecule has 0 aliphatic carbocycles. The molecule has 2 N–H and O–H groups in total. The molecule has 98 valence electrons. The Hall–Kier alpha value is -1.62. The van der Waals surface area contributed by atoms with Crippen LogP contribution in [0.3, 0.4) is 0 Å². The van der Waals surface area contributed by atoms with E-state index in [4.69, 9.17) is 16.7 Å². The van der Waals surface area contributed by atoms with E-state index in [1.54, 1.807) is 6.92 Å². The molecule has 4 nitrogen and oxygen atoms in total. The van der Waals surface area contributed by atoms with Gasteiger partial charge in [-0.3, -0.25) is 4.79 Å². The maximum Gasteiger partial charge on any atom is 0.326 e. The van der Waals surface area contributed by atoms with Crippen molar-refractivity contribution in [3.05, 3.63) is 34.6 Å². The van der Waals surface area contributed by atoms with Gasteiger partial charge >= 0.3 is 5.97 Å². The standard InChI is InChI=1S/C12H13ClFNO3/c1-2-10(12(17)18)15-11(16)5-7-3-4-8(13)6-9(7)14/h3-4,6,10H,2,5H2,1H3,(H,15,16)(H,17,18). The summed E-state index contributed by atoms with van der Waals surface area (Å²) < 4.78 is 13.4. The van der Waals surface area contributed by atoms with Gasteiger partial charge in [0.15, 0.2) is 0 Å². The van der Waals surface area contributed by atoms with Gasteiger partial charge < -0.3 is 10.4 Å². The Kier molecular flexibility index (Phi) is 5.09. The summed E-state index contributed by atoms with van der Waals surface area (Å²) in [5.41, 5.74) is 0.178. The highest BCUT2D eigenvalue weighted by Gasteiger charge is 2.18. The van der Waals surface area contributed by atoms with Crippen LogP contribution in [0.4, 0.5) is 4.39 Å². The van der Waals surface area contributed by atoms with Crippen molar-refractivity contribution in [2.75, 3.05) is 0 Å². The molecule has 0 saturated heterocycles. The zero-order chi connectivity index (χ0) is 13.7. The summed E-state index contributed by atoms with van der Waals surface area (Å²) in [6, 6.07) is 3.03. The van der Waals surface area contributed by atoms with E-state index < -0.39 is 23.7 Å². The normalized spacial score (nSPS) is 11.9. The highest BCUT2D eigenvalue weighted by molar-refractivity contribution is 6.30. The average Bonchev–Trinajstić information content (AvgIpc) is 2.29. The number of hydrogen-bond donors (Lipinski definition) is 2. The summed E-state index contributed by atoms with van der Waals surface area (Å²) >= 11 is 5.58. The number of benzene rings is 1. The van der Waals surface area contributed by atoms with E-state index in [1.165, 1.54) is 12.1 Å². The van der Waals surface area contributed by atoms with Crippen LogP contribution in [-0.4, -0.2) is 23.0 Å². The van der Waals surface area contributed by atoms with Crippen LogP contribution in [0.1, 0.15) is 18.9 Å². The fraction of sp³-hybridized carbons (Fsp3) is 0.333. The van der Waals surface area contributed by atoms with Crippen LogP contribution in [0.2, 0.25) is 5.02 Å². The number of rotatable bonds is 5. The first kappa shape index (κ1) is 14.4. The summed E-state index contributed by atoms with van der Waals surface area (Å²) in [4.78, 5) is 22.3. The third-order valence-electron chi connectivity index (χ3n) is 2.41. The molecule has 0 aliphatic rings. The predicted octanol–water partition coefficient (Wildman–Crippen LogP) is 2.00. The average molecular weight is 274 g/mol. The number of amides is 1. The number of aliphatic carboxylic acids is 1. The topological polar surface area (TPSA) is 66.4 Å². The SMILES string of the molecule is CCC(NC(=O)Cc1ccc(Cl)cc1F)C(=O)O. The Labute approximate surface area is 109 Å². The Morgan fingerprint density at radius 2 is 2.17 bits per heavy atom. The Bertz CT molecular complexity index is 465. The Morgan fingerprint density at radius 3 is 2.67 bits per heavy atom. The molecule has 1 aromatic rings. The van der Waals surface area contributed by atoms with Crippen molar-refractivity contribution in [3.8, 4) is 0 Å². The molecule has 1 aromatic carbocycles. The van der Waals surface area contributed by atoms with Crippen molar-refractivity contribution in [1.29, 1.82) is 0 Å². The lowest BCUT2D eigenvalue weighted by molar-refractivity contribution is -0.141. The molecule has 1 atom stereocenters. The minimum atomic E-state index is -1.11. The van der Waals surface area contributed by atoms with Crippen molar-refractivity contribution in [2.45, 2.75) is 25.8 Å². The molecule has 0 fully saturated rings. The van der Waals surface area contributed by atoms with Crippen molar-refractivity contribution < 1.29 is 19.1 Å². The number of carboxylic acids is 1. The molecule has 0 spiro atoms. The largest absolute Gasteiger partial charge is 0.480 e. The third kappa shape index (κ3) is 4.00. The summed E-state index contributed by atoms with van der Waals surface area (Å²) in [5.74, 6) is -2.23. The summed E-state index contributed by atoms with van der Waals surface area (Å²) in [7, 11) is 0. The van der Waals surface area contributed by atoms with Crippen molar-refractivity contribution in [1.82, 2.24) is 5.32 Å². The Balaban J connectivity index is 2.67. The first-order valence-electron chi connectivity index (χ1n) is 5.40. The maximum absolute atomic E-state index is 13.4. The monoisotopic (exact) mass is 273 g/mol. The zero-order valence-corrected chi connectivity index (χ0v) is 10.5. The van der Waals surface area contributed by atoms with Crippen LogP contribution < -0.4 is 5.32 Å². The third-order valence-corrected chi connectivity index (χ3v) is 2.64. The van der Waals surface area contributed by atoms with E-state index in [1.807, 2.05) is 0 Å². The number of nitrogens with one attached hydrogen (secondary N) is 1. The van der Waals surface area contributed by atoms with E-state index in [0.717, 1.165) is 6.07 Å². The van der Waals surface area contributed by atoms with E-state index in [-0.39, 0.29) is 23.4 Å². The van der Waals surface area contributed by atoms with Crippen LogP contribution in [0.25, 0.3) is 0 Å². The molecule has 0 heterocycles. The summed E-state index contributed by atoms with van der Waals surface area (Å²) in [6.45, 7) is 1.64. The predicted molar refractivity (Wildman–Crippen MR) is 65.0 cm³/mol. The maximum atomic E-state index is 13.4. The van der Waals surface area contributed by atoms with E-state index >= 15 is 0 Å². The van der Waals surface area contributed by atoms with Gasteiger partial charge in [0.2, 0.25) is 5.91 Å². The minimum absolute atomic E-state index is 0.178. The molecule has 0 saturated carbocycles. The van der Waals surface area contributed by atoms with E-state index in [2.05, 4.69) is 5.32 Å². The van der Waals surface area contributed by atoms with Crippen LogP contribution in [0.15, 0.2) is 18.2 Å². The van der Waals surface area contributed by atoms with Gasteiger partial charge in [0.1, 0.15) is 11.9 Å².